The number of pyridine rings is 1. The Labute approximate surface area is 199 Å². The van der Waals surface area contributed by atoms with Gasteiger partial charge in [0.25, 0.3) is 0 Å². The van der Waals surface area contributed by atoms with Crippen molar-refractivity contribution in [3.8, 4) is 50.9 Å². The molecular weight excluding hydrogens is 424 g/mol. The first-order valence-corrected chi connectivity index (χ1v) is 11.7. The topological polar surface area (TPSA) is 65.8 Å². The van der Waals surface area contributed by atoms with Crippen LogP contribution in [0.25, 0.3) is 33.6 Å². The van der Waals surface area contributed by atoms with E-state index in [9.17, 15) is 10.2 Å². The fourth-order valence-electron chi connectivity index (χ4n) is 4.35. The van der Waals surface area contributed by atoms with Crippen LogP contribution < -0.4 is 4.74 Å². The van der Waals surface area contributed by atoms with Gasteiger partial charge < -0.3 is 14.9 Å². The Morgan fingerprint density at radius 1 is 0.676 bits per heavy atom. The summed E-state index contributed by atoms with van der Waals surface area (Å²) in [6.45, 7) is 3.99. The molecule has 2 heterocycles. The molecular formula is C29H28N2O3. The molecule has 1 saturated heterocycles. The Bertz CT molecular complexity index is 1230. The Balaban J connectivity index is 1.44. The lowest BCUT2D eigenvalue weighted by atomic mass is 9.97. The molecule has 3 aromatic carbocycles. The number of hydrogen-bond donors (Lipinski definition) is 2. The maximum Gasteiger partial charge on any atom is 0.119 e. The summed E-state index contributed by atoms with van der Waals surface area (Å²) in [5.74, 6) is 1.31. The van der Waals surface area contributed by atoms with Gasteiger partial charge in [-0.2, -0.15) is 0 Å². The lowest BCUT2D eigenvalue weighted by Crippen LogP contribution is -2.25. The first-order chi connectivity index (χ1) is 16.7. The lowest BCUT2D eigenvalue weighted by Gasteiger charge is -2.15. The average Bonchev–Trinajstić information content (AvgIpc) is 3.39. The van der Waals surface area contributed by atoms with Crippen LogP contribution in [0.2, 0.25) is 0 Å². The zero-order valence-electron chi connectivity index (χ0n) is 19.0. The van der Waals surface area contributed by atoms with Crippen LogP contribution >= 0.6 is 0 Å². The van der Waals surface area contributed by atoms with E-state index in [2.05, 4.69) is 11.0 Å². The van der Waals surface area contributed by atoms with Gasteiger partial charge in [-0.15, -0.1) is 0 Å². The summed E-state index contributed by atoms with van der Waals surface area (Å²) in [5.41, 5.74) is 5.53. The van der Waals surface area contributed by atoms with Crippen molar-refractivity contribution in [3.63, 3.8) is 0 Å². The van der Waals surface area contributed by atoms with E-state index in [0.717, 1.165) is 45.9 Å². The second-order valence-electron chi connectivity index (χ2n) is 8.61. The largest absolute Gasteiger partial charge is 0.508 e. The number of aromatic nitrogens is 1. The maximum absolute atomic E-state index is 9.72. The number of phenolic OH excluding ortho intramolecular Hbond substituents is 2. The summed E-state index contributed by atoms with van der Waals surface area (Å²) in [7, 11) is 0. The van der Waals surface area contributed by atoms with Gasteiger partial charge in [0.05, 0.1) is 11.4 Å². The molecule has 4 aromatic rings. The van der Waals surface area contributed by atoms with Crippen molar-refractivity contribution in [1.29, 1.82) is 0 Å². The molecule has 0 amide bonds. The lowest BCUT2D eigenvalue weighted by molar-refractivity contribution is 0.238. The summed E-state index contributed by atoms with van der Waals surface area (Å²) in [4.78, 5) is 7.44. The molecule has 2 N–H and O–H groups in total. The van der Waals surface area contributed by atoms with Gasteiger partial charge in [-0.05, 0) is 98.2 Å². The van der Waals surface area contributed by atoms with Crippen molar-refractivity contribution >= 4 is 0 Å². The van der Waals surface area contributed by atoms with E-state index in [1.165, 1.54) is 25.9 Å². The van der Waals surface area contributed by atoms with Gasteiger partial charge in [0.1, 0.15) is 23.9 Å². The van der Waals surface area contributed by atoms with Crippen molar-refractivity contribution in [1.82, 2.24) is 9.88 Å². The van der Waals surface area contributed by atoms with E-state index >= 15 is 0 Å². The van der Waals surface area contributed by atoms with Gasteiger partial charge in [-0.3, -0.25) is 4.90 Å². The van der Waals surface area contributed by atoms with Gasteiger partial charge in [-0.25, -0.2) is 4.98 Å². The van der Waals surface area contributed by atoms with Crippen LogP contribution in [0.4, 0.5) is 0 Å². The smallest absolute Gasteiger partial charge is 0.119 e. The Morgan fingerprint density at radius 2 is 1.26 bits per heavy atom. The summed E-state index contributed by atoms with van der Waals surface area (Å²) in [6, 6.07) is 26.3. The summed E-state index contributed by atoms with van der Waals surface area (Å²) >= 11 is 0. The SMILES string of the molecule is Oc1ccc(-c2ccc(-c3ccc(O)cc3)c(-c3ccc(OCCN4CCCC4)cc3)n2)cc1. The Hall–Kier alpha value is -3.83. The molecule has 5 rings (SSSR count). The zero-order chi connectivity index (χ0) is 23.3. The number of phenols is 2. The third kappa shape index (κ3) is 5.05. The number of likely N-dealkylation sites (tertiary alicyclic amines) is 1. The van der Waals surface area contributed by atoms with Crippen LogP contribution in [0.5, 0.6) is 17.2 Å². The molecule has 1 aliphatic heterocycles. The van der Waals surface area contributed by atoms with Gasteiger partial charge in [0, 0.05) is 23.2 Å². The first kappa shape index (κ1) is 22.0. The minimum atomic E-state index is 0.227. The number of aromatic hydroxyl groups is 2. The second-order valence-corrected chi connectivity index (χ2v) is 8.61. The summed E-state index contributed by atoms with van der Waals surface area (Å²) in [6.07, 6.45) is 2.57. The maximum atomic E-state index is 9.72. The molecule has 0 spiro atoms. The molecule has 0 saturated carbocycles. The van der Waals surface area contributed by atoms with Crippen LogP contribution in [0.15, 0.2) is 84.9 Å². The number of hydrogen-bond acceptors (Lipinski definition) is 5. The zero-order valence-corrected chi connectivity index (χ0v) is 19.0. The minimum Gasteiger partial charge on any atom is -0.508 e. The molecule has 5 heteroatoms. The second kappa shape index (κ2) is 9.98. The number of benzene rings is 3. The average molecular weight is 453 g/mol. The van der Waals surface area contributed by atoms with Crippen LogP contribution in [-0.2, 0) is 0 Å². The molecule has 0 aliphatic carbocycles. The Kier molecular flexibility index (Phi) is 6.45. The quantitative estimate of drug-likeness (QED) is 0.362. The van der Waals surface area contributed by atoms with E-state index in [0.29, 0.717) is 6.61 Å². The third-order valence-corrected chi connectivity index (χ3v) is 6.24. The van der Waals surface area contributed by atoms with Crippen molar-refractivity contribution in [2.45, 2.75) is 12.8 Å². The fourth-order valence-corrected chi connectivity index (χ4v) is 4.35. The molecule has 0 radical (unpaired) electrons. The highest BCUT2D eigenvalue weighted by atomic mass is 16.5. The number of rotatable bonds is 7. The van der Waals surface area contributed by atoms with Crippen molar-refractivity contribution in [2.75, 3.05) is 26.2 Å². The molecule has 5 nitrogen and oxygen atoms in total. The van der Waals surface area contributed by atoms with Gasteiger partial charge in [-0.1, -0.05) is 18.2 Å². The van der Waals surface area contributed by atoms with Gasteiger partial charge in [0.15, 0.2) is 0 Å². The molecule has 0 unspecified atom stereocenters. The predicted octanol–water partition coefficient (Wildman–Crippen LogP) is 5.97. The van der Waals surface area contributed by atoms with Crippen LogP contribution in [0.3, 0.4) is 0 Å². The highest BCUT2D eigenvalue weighted by Crippen LogP contribution is 2.34. The standard InChI is InChI=1S/C29H28N2O3/c32-24-9-3-21(4-10-24)27-15-16-28(22-5-11-25(33)12-6-22)30-29(27)23-7-13-26(14-8-23)34-20-19-31-17-1-2-18-31/h3-16,32-33H,1-2,17-20H2. The van der Waals surface area contributed by atoms with Crippen LogP contribution in [0.1, 0.15) is 12.8 Å². The van der Waals surface area contributed by atoms with E-state index in [-0.39, 0.29) is 11.5 Å². The first-order valence-electron chi connectivity index (χ1n) is 11.7. The molecule has 1 aromatic heterocycles. The van der Waals surface area contributed by atoms with Crippen LogP contribution in [-0.4, -0.2) is 46.3 Å². The van der Waals surface area contributed by atoms with E-state index < -0.39 is 0 Å². The molecule has 0 bridgehead atoms. The Morgan fingerprint density at radius 3 is 1.91 bits per heavy atom. The van der Waals surface area contributed by atoms with E-state index in [1.807, 2.05) is 54.6 Å². The van der Waals surface area contributed by atoms with Crippen LogP contribution in [0, 0.1) is 0 Å². The fraction of sp³-hybridized carbons (Fsp3) is 0.207. The van der Waals surface area contributed by atoms with Crippen molar-refractivity contribution in [3.05, 3.63) is 84.9 Å². The number of nitrogens with zero attached hydrogens (tertiary/aromatic N) is 2. The predicted molar refractivity (Wildman–Crippen MR) is 135 cm³/mol. The normalized spacial score (nSPS) is 13.8. The molecule has 1 fully saturated rings. The minimum absolute atomic E-state index is 0.227. The molecule has 0 atom stereocenters. The van der Waals surface area contributed by atoms with Crippen molar-refractivity contribution in [2.24, 2.45) is 0 Å². The molecule has 34 heavy (non-hydrogen) atoms. The molecule has 1 aliphatic rings. The van der Waals surface area contributed by atoms with E-state index in [1.54, 1.807) is 24.3 Å². The summed E-state index contributed by atoms with van der Waals surface area (Å²) in [5, 5.41) is 19.4. The van der Waals surface area contributed by atoms with Gasteiger partial charge in [0.2, 0.25) is 0 Å². The third-order valence-electron chi connectivity index (χ3n) is 6.24. The highest BCUT2D eigenvalue weighted by molar-refractivity contribution is 5.83. The molecule has 172 valence electrons. The highest BCUT2D eigenvalue weighted by Gasteiger charge is 2.13. The monoisotopic (exact) mass is 452 g/mol. The van der Waals surface area contributed by atoms with Gasteiger partial charge >= 0.3 is 0 Å². The number of ether oxygens (including phenoxy) is 1. The van der Waals surface area contributed by atoms with E-state index in [4.69, 9.17) is 9.72 Å². The summed E-state index contributed by atoms with van der Waals surface area (Å²) < 4.78 is 5.98. The van der Waals surface area contributed by atoms with Crippen molar-refractivity contribution < 1.29 is 14.9 Å².